The number of halogens is 1. The van der Waals surface area contributed by atoms with Crippen molar-refractivity contribution in [1.29, 1.82) is 0 Å². The van der Waals surface area contributed by atoms with Crippen molar-refractivity contribution in [2.45, 2.75) is 32.4 Å². The Labute approximate surface area is 117 Å². The Kier molecular flexibility index (Phi) is 2.78. The van der Waals surface area contributed by atoms with Crippen LogP contribution in [0, 0.1) is 0 Å². The van der Waals surface area contributed by atoms with Crippen molar-refractivity contribution in [3.8, 4) is 5.75 Å². The molecule has 0 aromatic heterocycles. The van der Waals surface area contributed by atoms with Crippen LogP contribution in [0.4, 0.5) is 0 Å². The third-order valence-electron chi connectivity index (χ3n) is 3.25. The molecule has 0 bridgehead atoms. The van der Waals surface area contributed by atoms with E-state index < -0.39 is 5.72 Å². The van der Waals surface area contributed by atoms with Gasteiger partial charge >= 0.3 is 0 Å². The van der Waals surface area contributed by atoms with Crippen LogP contribution in [0.2, 0.25) is 5.02 Å². The quantitative estimate of drug-likeness (QED) is 0.732. The number of aliphatic imine (C=N–C) groups is 1. The normalized spacial score (nSPS) is 20.9. The Balaban J connectivity index is 2.12. The third kappa shape index (κ3) is 2.21. The van der Waals surface area contributed by atoms with E-state index in [1.54, 1.807) is 17.0 Å². The molecule has 4 nitrogen and oxygen atoms in total. The number of likely N-dealkylation sites (tertiary alicyclic amines) is 1. The summed E-state index contributed by atoms with van der Waals surface area (Å²) in [6, 6.07) is 5.41. The largest absolute Gasteiger partial charge is 0.466 e. The zero-order valence-corrected chi connectivity index (χ0v) is 11.7. The second-order valence-corrected chi connectivity index (χ2v) is 5.71. The van der Waals surface area contributed by atoms with Crippen LogP contribution in [-0.4, -0.2) is 28.9 Å². The van der Waals surface area contributed by atoms with Gasteiger partial charge in [0.05, 0.1) is 5.56 Å². The Morgan fingerprint density at radius 2 is 2.21 bits per heavy atom. The molecule has 0 unspecified atom stereocenters. The minimum absolute atomic E-state index is 0.113. The van der Waals surface area contributed by atoms with E-state index in [1.165, 1.54) is 0 Å². The van der Waals surface area contributed by atoms with Crippen LogP contribution in [0.1, 0.15) is 32.3 Å². The molecule has 0 atom stereocenters. The average molecular weight is 279 g/mol. The zero-order valence-electron chi connectivity index (χ0n) is 10.9. The predicted molar refractivity (Wildman–Crippen MR) is 73.6 cm³/mol. The highest BCUT2D eigenvalue weighted by Gasteiger charge is 2.34. The highest BCUT2D eigenvalue weighted by Crippen LogP contribution is 2.34. The fourth-order valence-electron chi connectivity index (χ4n) is 2.45. The lowest BCUT2D eigenvalue weighted by Gasteiger charge is -2.32. The summed E-state index contributed by atoms with van der Waals surface area (Å²) in [5.41, 5.74) is 0.126. The molecule has 5 heteroatoms. The minimum Gasteiger partial charge on any atom is -0.466 e. The summed E-state index contributed by atoms with van der Waals surface area (Å²) in [6.07, 6.45) is 1.45. The van der Waals surface area contributed by atoms with Gasteiger partial charge in [-0.25, -0.2) is 4.99 Å². The number of nitrogens with zero attached hydrogens (tertiary/aromatic N) is 2. The monoisotopic (exact) mass is 278 g/mol. The number of fused-ring (bicyclic) bond motifs is 1. The van der Waals surface area contributed by atoms with Crippen molar-refractivity contribution < 1.29 is 9.53 Å². The molecule has 3 rings (SSSR count). The molecular weight excluding hydrogens is 264 g/mol. The van der Waals surface area contributed by atoms with E-state index in [0.29, 0.717) is 23.8 Å². The lowest BCUT2D eigenvalue weighted by Crippen LogP contribution is -2.40. The molecule has 19 heavy (non-hydrogen) atoms. The summed E-state index contributed by atoms with van der Waals surface area (Å²) in [6.45, 7) is 4.47. The molecule has 1 saturated heterocycles. The van der Waals surface area contributed by atoms with Gasteiger partial charge in [-0.2, -0.15) is 0 Å². The summed E-state index contributed by atoms with van der Waals surface area (Å²) < 4.78 is 5.82. The number of amides is 1. The molecule has 0 spiro atoms. The van der Waals surface area contributed by atoms with E-state index in [9.17, 15) is 4.79 Å². The molecule has 1 fully saturated rings. The summed E-state index contributed by atoms with van der Waals surface area (Å²) in [7, 11) is 0. The molecule has 0 saturated carbocycles. The zero-order chi connectivity index (χ0) is 13.6. The van der Waals surface area contributed by atoms with Crippen molar-refractivity contribution in [2.24, 2.45) is 4.99 Å². The Bertz CT molecular complexity index is 581. The molecule has 0 aliphatic carbocycles. The number of rotatable bonds is 0. The average Bonchev–Trinajstić information content (AvgIpc) is 2.74. The van der Waals surface area contributed by atoms with Gasteiger partial charge in [-0.1, -0.05) is 11.6 Å². The standard InChI is InChI=1S/C14H15ClN2O2/c1-14(2)16-13(17-7-3-4-12(17)18)10-8-9(15)5-6-11(10)19-14/h5-6,8H,3-4,7H2,1-2H3. The maximum atomic E-state index is 12.0. The van der Waals surface area contributed by atoms with E-state index in [-0.39, 0.29) is 5.91 Å². The first-order valence-electron chi connectivity index (χ1n) is 6.35. The first kappa shape index (κ1) is 12.5. The number of ether oxygens (including phenoxy) is 1. The Morgan fingerprint density at radius 1 is 1.42 bits per heavy atom. The molecule has 1 aromatic rings. The Morgan fingerprint density at radius 3 is 2.89 bits per heavy atom. The van der Waals surface area contributed by atoms with Crippen molar-refractivity contribution in [2.75, 3.05) is 6.54 Å². The van der Waals surface area contributed by atoms with E-state index in [2.05, 4.69) is 4.99 Å². The van der Waals surface area contributed by atoms with Crippen molar-refractivity contribution in [1.82, 2.24) is 4.90 Å². The molecule has 2 heterocycles. The van der Waals surface area contributed by atoms with E-state index in [4.69, 9.17) is 16.3 Å². The Hall–Kier alpha value is -1.55. The van der Waals surface area contributed by atoms with Crippen LogP contribution in [0.5, 0.6) is 5.75 Å². The molecule has 1 aromatic carbocycles. The van der Waals surface area contributed by atoms with E-state index in [1.807, 2.05) is 19.9 Å². The molecular formula is C14H15ClN2O2. The molecule has 0 N–H and O–H groups in total. The van der Waals surface area contributed by atoms with Crippen molar-refractivity contribution in [3.05, 3.63) is 28.8 Å². The van der Waals surface area contributed by atoms with Gasteiger partial charge in [0.25, 0.3) is 0 Å². The lowest BCUT2D eigenvalue weighted by molar-refractivity contribution is -0.124. The van der Waals surface area contributed by atoms with Crippen LogP contribution in [-0.2, 0) is 4.79 Å². The summed E-state index contributed by atoms with van der Waals surface area (Å²) in [4.78, 5) is 18.3. The van der Waals surface area contributed by atoms with Gasteiger partial charge in [0.15, 0.2) is 5.72 Å². The lowest BCUT2D eigenvalue weighted by atomic mass is 10.1. The van der Waals surface area contributed by atoms with Crippen LogP contribution in [0.3, 0.4) is 0 Å². The van der Waals surface area contributed by atoms with Gasteiger partial charge in [0.1, 0.15) is 11.6 Å². The van der Waals surface area contributed by atoms with Crippen molar-refractivity contribution >= 4 is 23.3 Å². The van der Waals surface area contributed by atoms with Gasteiger partial charge in [-0.05, 0) is 38.5 Å². The van der Waals surface area contributed by atoms with Gasteiger partial charge in [-0.3, -0.25) is 9.69 Å². The number of hydrogen-bond acceptors (Lipinski definition) is 3. The maximum Gasteiger partial charge on any atom is 0.228 e. The summed E-state index contributed by atoms with van der Waals surface area (Å²) in [5.74, 6) is 1.51. The fourth-order valence-corrected chi connectivity index (χ4v) is 2.62. The number of carbonyl (C=O) groups excluding carboxylic acids is 1. The second-order valence-electron chi connectivity index (χ2n) is 5.27. The molecule has 100 valence electrons. The topological polar surface area (TPSA) is 41.9 Å². The van der Waals surface area contributed by atoms with Gasteiger partial charge in [-0.15, -0.1) is 0 Å². The van der Waals surface area contributed by atoms with Gasteiger partial charge < -0.3 is 4.74 Å². The van der Waals surface area contributed by atoms with E-state index >= 15 is 0 Å². The van der Waals surface area contributed by atoms with Gasteiger partial charge in [0, 0.05) is 18.0 Å². The maximum absolute atomic E-state index is 12.0. The smallest absolute Gasteiger partial charge is 0.228 e. The van der Waals surface area contributed by atoms with Crippen LogP contribution in [0.25, 0.3) is 0 Å². The molecule has 2 aliphatic heterocycles. The molecule has 1 amide bonds. The van der Waals surface area contributed by atoms with Crippen LogP contribution < -0.4 is 4.74 Å². The predicted octanol–water partition coefficient (Wildman–Crippen LogP) is 2.84. The molecule has 2 aliphatic rings. The second kappa shape index (κ2) is 4.23. The number of hydrogen-bond donors (Lipinski definition) is 0. The van der Waals surface area contributed by atoms with Gasteiger partial charge in [0.2, 0.25) is 5.91 Å². The third-order valence-corrected chi connectivity index (χ3v) is 3.48. The van der Waals surface area contributed by atoms with Crippen molar-refractivity contribution in [3.63, 3.8) is 0 Å². The number of amidine groups is 1. The first-order valence-corrected chi connectivity index (χ1v) is 6.73. The minimum atomic E-state index is -0.668. The summed E-state index contributed by atoms with van der Waals surface area (Å²) >= 11 is 6.04. The number of benzene rings is 1. The highest BCUT2D eigenvalue weighted by molar-refractivity contribution is 6.31. The van der Waals surface area contributed by atoms with Crippen LogP contribution >= 0.6 is 11.6 Å². The fraction of sp³-hybridized carbons (Fsp3) is 0.429. The van der Waals surface area contributed by atoms with E-state index in [0.717, 1.165) is 17.7 Å². The molecule has 0 radical (unpaired) electrons. The summed E-state index contributed by atoms with van der Waals surface area (Å²) in [5, 5.41) is 0.612. The number of carbonyl (C=O) groups is 1. The first-order chi connectivity index (χ1) is 8.96. The highest BCUT2D eigenvalue weighted by atomic mass is 35.5. The SMILES string of the molecule is CC1(C)N=C(N2CCCC2=O)c2cc(Cl)ccc2O1. The van der Waals surface area contributed by atoms with Crippen LogP contribution in [0.15, 0.2) is 23.2 Å².